The average Bonchev–Trinajstić information content (AvgIpc) is 2.40. The fourth-order valence-electron chi connectivity index (χ4n) is 2.48. The van der Waals surface area contributed by atoms with E-state index in [-0.39, 0.29) is 5.60 Å². The highest BCUT2D eigenvalue weighted by atomic mass is 16.5. The Labute approximate surface area is 103 Å². The van der Waals surface area contributed by atoms with Crippen LogP contribution in [0.1, 0.15) is 39.5 Å². The van der Waals surface area contributed by atoms with Gasteiger partial charge in [0.15, 0.2) is 0 Å². The minimum Gasteiger partial charge on any atom is -0.375 e. The van der Waals surface area contributed by atoms with Crippen LogP contribution >= 0.6 is 0 Å². The number of nitrogens with one attached hydrogen (secondary N) is 1. The van der Waals surface area contributed by atoms with Crippen LogP contribution in [-0.2, 0) is 4.74 Å². The van der Waals surface area contributed by atoms with Crippen molar-refractivity contribution >= 4 is 5.82 Å². The molecule has 2 heterocycles. The first-order valence-electron chi connectivity index (χ1n) is 6.46. The number of aromatic nitrogens is 2. The molecule has 0 radical (unpaired) electrons. The summed E-state index contributed by atoms with van der Waals surface area (Å²) in [6, 6.07) is 4.31. The molecule has 94 valence electrons. The predicted molar refractivity (Wildman–Crippen MR) is 67.9 cm³/mol. The van der Waals surface area contributed by atoms with Crippen LogP contribution in [0.15, 0.2) is 18.3 Å². The van der Waals surface area contributed by atoms with E-state index in [0.717, 1.165) is 38.1 Å². The normalized spacial score (nSPS) is 23.3. The van der Waals surface area contributed by atoms with E-state index in [2.05, 4.69) is 29.4 Å². The molecule has 0 aromatic carbocycles. The molecule has 1 saturated heterocycles. The largest absolute Gasteiger partial charge is 0.375 e. The van der Waals surface area contributed by atoms with E-state index in [0.29, 0.717) is 6.04 Å². The fraction of sp³-hybridized carbons (Fsp3) is 0.692. The maximum atomic E-state index is 5.96. The second kappa shape index (κ2) is 5.45. The molecule has 1 aliphatic heterocycles. The molecule has 0 spiro atoms. The van der Waals surface area contributed by atoms with Gasteiger partial charge in [-0.3, -0.25) is 0 Å². The van der Waals surface area contributed by atoms with E-state index >= 15 is 0 Å². The highest BCUT2D eigenvalue weighted by Crippen LogP contribution is 2.32. The Kier molecular flexibility index (Phi) is 3.94. The van der Waals surface area contributed by atoms with Crippen LogP contribution in [0, 0.1) is 0 Å². The van der Waals surface area contributed by atoms with Crippen LogP contribution in [0.5, 0.6) is 0 Å². The van der Waals surface area contributed by atoms with Gasteiger partial charge in [0.05, 0.1) is 5.60 Å². The minimum absolute atomic E-state index is 0.0537. The molecule has 1 aromatic heterocycles. The standard InChI is InChI=1S/C13H21N3O/c1-3-13(4-2)10-11(7-9-17-13)15-12-6-5-8-14-16-12/h5-6,8,11H,3-4,7,9-10H2,1-2H3,(H,15,16). The van der Waals surface area contributed by atoms with Gasteiger partial charge < -0.3 is 10.1 Å². The number of hydrogen-bond donors (Lipinski definition) is 1. The summed E-state index contributed by atoms with van der Waals surface area (Å²) in [7, 11) is 0. The van der Waals surface area contributed by atoms with Gasteiger partial charge in [0.25, 0.3) is 0 Å². The molecule has 0 bridgehead atoms. The smallest absolute Gasteiger partial charge is 0.148 e. The summed E-state index contributed by atoms with van der Waals surface area (Å²) in [5.41, 5.74) is 0.0537. The SMILES string of the molecule is CCC1(CC)CC(Nc2cccnn2)CCO1. The van der Waals surface area contributed by atoms with Crippen molar-refractivity contribution in [2.75, 3.05) is 11.9 Å². The first-order valence-corrected chi connectivity index (χ1v) is 6.46. The zero-order valence-electron chi connectivity index (χ0n) is 10.6. The second-order valence-corrected chi connectivity index (χ2v) is 4.68. The van der Waals surface area contributed by atoms with E-state index in [1.807, 2.05) is 12.1 Å². The van der Waals surface area contributed by atoms with Crippen LogP contribution < -0.4 is 5.32 Å². The highest BCUT2D eigenvalue weighted by Gasteiger charge is 2.34. The number of hydrogen-bond acceptors (Lipinski definition) is 4. The van der Waals surface area contributed by atoms with Gasteiger partial charge in [-0.05, 0) is 37.8 Å². The topological polar surface area (TPSA) is 47.0 Å². The van der Waals surface area contributed by atoms with E-state index in [1.54, 1.807) is 6.20 Å². The van der Waals surface area contributed by atoms with Crippen molar-refractivity contribution in [2.45, 2.75) is 51.2 Å². The summed E-state index contributed by atoms with van der Waals surface area (Å²) in [6.07, 6.45) is 5.93. The van der Waals surface area contributed by atoms with Crippen LogP contribution in [-0.4, -0.2) is 28.4 Å². The van der Waals surface area contributed by atoms with Gasteiger partial charge in [-0.2, -0.15) is 5.10 Å². The zero-order valence-corrected chi connectivity index (χ0v) is 10.6. The molecular formula is C13H21N3O. The number of nitrogens with zero attached hydrogens (tertiary/aromatic N) is 2. The van der Waals surface area contributed by atoms with Crippen molar-refractivity contribution in [3.05, 3.63) is 18.3 Å². The molecule has 4 heteroatoms. The van der Waals surface area contributed by atoms with Gasteiger partial charge in [0, 0.05) is 18.8 Å². The summed E-state index contributed by atoms with van der Waals surface area (Å²) in [5, 5.41) is 11.4. The van der Waals surface area contributed by atoms with Crippen molar-refractivity contribution in [3.63, 3.8) is 0 Å². The van der Waals surface area contributed by atoms with Gasteiger partial charge in [-0.15, -0.1) is 5.10 Å². The Bertz CT molecular complexity index is 338. The summed E-state index contributed by atoms with van der Waals surface area (Å²) < 4.78 is 5.96. The third-order valence-corrected chi connectivity index (χ3v) is 3.71. The summed E-state index contributed by atoms with van der Waals surface area (Å²) in [4.78, 5) is 0. The molecular weight excluding hydrogens is 214 g/mol. The van der Waals surface area contributed by atoms with Crippen molar-refractivity contribution < 1.29 is 4.74 Å². The predicted octanol–water partition coefficient (Wildman–Crippen LogP) is 2.63. The zero-order chi connectivity index (χ0) is 12.1. The maximum absolute atomic E-state index is 5.96. The summed E-state index contributed by atoms with van der Waals surface area (Å²) in [5.74, 6) is 0.862. The lowest BCUT2D eigenvalue weighted by atomic mass is 9.86. The Morgan fingerprint density at radius 2 is 2.29 bits per heavy atom. The lowest BCUT2D eigenvalue weighted by molar-refractivity contribution is -0.0864. The molecule has 1 aliphatic rings. The molecule has 1 fully saturated rings. The van der Waals surface area contributed by atoms with E-state index in [4.69, 9.17) is 4.74 Å². The molecule has 1 atom stereocenters. The summed E-state index contributed by atoms with van der Waals surface area (Å²) in [6.45, 7) is 5.24. The van der Waals surface area contributed by atoms with Gasteiger partial charge in [0.1, 0.15) is 5.82 Å². The van der Waals surface area contributed by atoms with Crippen LogP contribution in [0.2, 0.25) is 0 Å². The number of rotatable bonds is 4. The van der Waals surface area contributed by atoms with Crippen molar-refractivity contribution in [2.24, 2.45) is 0 Å². The van der Waals surface area contributed by atoms with Crippen molar-refractivity contribution in [1.82, 2.24) is 10.2 Å². The van der Waals surface area contributed by atoms with Gasteiger partial charge in [-0.25, -0.2) is 0 Å². The Morgan fingerprint density at radius 1 is 1.47 bits per heavy atom. The molecule has 17 heavy (non-hydrogen) atoms. The quantitative estimate of drug-likeness (QED) is 0.871. The molecule has 1 N–H and O–H groups in total. The molecule has 2 rings (SSSR count). The molecule has 0 amide bonds. The van der Waals surface area contributed by atoms with E-state index in [9.17, 15) is 0 Å². The first-order chi connectivity index (χ1) is 8.28. The number of anilines is 1. The first kappa shape index (κ1) is 12.3. The number of ether oxygens (including phenoxy) is 1. The lowest BCUT2D eigenvalue weighted by Gasteiger charge is -2.40. The second-order valence-electron chi connectivity index (χ2n) is 4.68. The third-order valence-electron chi connectivity index (χ3n) is 3.71. The van der Waals surface area contributed by atoms with Crippen LogP contribution in [0.4, 0.5) is 5.82 Å². The van der Waals surface area contributed by atoms with Gasteiger partial charge in [0.2, 0.25) is 0 Å². The van der Waals surface area contributed by atoms with Crippen LogP contribution in [0.25, 0.3) is 0 Å². The third kappa shape index (κ3) is 2.94. The Morgan fingerprint density at radius 3 is 2.94 bits per heavy atom. The van der Waals surface area contributed by atoms with Gasteiger partial charge >= 0.3 is 0 Å². The minimum atomic E-state index is 0.0537. The molecule has 0 aliphatic carbocycles. The maximum Gasteiger partial charge on any atom is 0.148 e. The molecule has 0 saturated carbocycles. The fourth-order valence-corrected chi connectivity index (χ4v) is 2.48. The summed E-state index contributed by atoms with van der Waals surface area (Å²) >= 11 is 0. The van der Waals surface area contributed by atoms with Gasteiger partial charge in [-0.1, -0.05) is 13.8 Å². The monoisotopic (exact) mass is 235 g/mol. The molecule has 4 nitrogen and oxygen atoms in total. The van der Waals surface area contributed by atoms with E-state index in [1.165, 1.54) is 0 Å². The van der Waals surface area contributed by atoms with Crippen LogP contribution in [0.3, 0.4) is 0 Å². The highest BCUT2D eigenvalue weighted by molar-refractivity contribution is 5.33. The molecule has 1 aromatic rings. The van der Waals surface area contributed by atoms with Crippen molar-refractivity contribution in [3.8, 4) is 0 Å². The van der Waals surface area contributed by atoms with E-state index < -0.39 is 0 Å². The lowest BCUT2D eigenvalue weighted by Crippen LogP contribution is -2.43. The average molecular weight is 235 g/mol. The Balaban J connectivity index is 1.98. The Hall–Kier alpha value is -1.16. The molecule has 1 unspecified atom stereocenters. The van der Waals surface area contributed by atoms with Crippen molar-refractivity contribution in [1.29, 1.82) is 0 Å².